The number of methoxy groups -OCH3 is 1. The number of carbonyl (C=O) groups excluding carboxylic acids is 2. The molecule has 5 aromatic carbocycles. The Morgan fingerprint density at radius 2 is 1.32 bits per heavy atom. The SMILES string of the molecule is C.C.C#CC(=O)OCC.CCOC(=O)C#Cc1c[c-]c(C)cc1.COCN(Cc1ccccc1)C[Si](C)(C)C.Cc1[c-]cc(I)cc1.Cc1[c-]ccc(C2=C(C(=O)O)CN(Cc3ccccc3)C2)c1.[Y].[Y].[Y]. The molecule has 1 heterocycles. The molecule has 379 valence electrons. The third-order valence-electron chi connectivity index (χ3n) is 9.06. The molecule has 0 aliphatic carbocycles. The minimum atomic E-state index is -1.07. The fourth-order valence-electron chi connectivity index (χ4n) is 6.25. The summed E-state index contributed by atoms with van der Waals surface area (Å²) in [6.45, 7) is 20.9. The predicted molar refractivity (Wildman–Crippen MR) is 294 cm³/mol. The van der Waals surface area contributed by atoms with Gasteiger partial charge >= 0.3 is 17.9 Å². The van der Waals surface area contributed by atoms with Crippen molar-refractivity contribution in [3.05, 3.63) is 182 Å². The zero-order valence-electron chi connectivity index (χ0n) is 42.1. The minimum absolute atomic E-state index is 0. The van der Waals surface area contributed by atoms with E-state index in [4.69, 9.17) is 4.74 Å². The number of carboxylic acid groups (broad SMARTS) is 1. The Bertz CT molecular complexity index is 2380. The third kappa shape index (κ3) is 34.9. The molecular formula is C58H72IN2O7SiY3-3. The molecular weight excluding hydrogens is 1260 g/mol. The van der Waals surface area contributed by atoms with E-state index in [1.807, 2.05) is 75.4 Å². The van der Waals surface area contributed by atoms with E-state index in [0.717, 1.165) is 47.6 Å². The Morgan fingerprint density at radius 3 is 1.76 bits per heavy atom. The fraction of sp³-hybridized carbons (Fsp3) is 0.328. The minimum Gasteiger partial charge on any atom is -0.478 e. The van der Waals surface area contributed by atoms with E-state index in [1.54, 1.807) is 32.9 Å². The van der Waals surface area contributed by atoms with Gasteiger partial charge in [-0.2, -0.15) is 89.5 Å². The van der Waals surface area contributed by atoms with Crippen LogP contribution in [0, 0.1) is 66.7 Å². The maximum absolute atomic E-state index is 11.6. The standard InChI is InChI=1S/C19H18NO2.C13H23NOSi.C12H11O2.C7H6I.C5H6O2.2CH4.3Y/c1-14-6-5-9-16(10-14)17-12-20(13-18(17)19(21)22)11-15-7-3-2-4-8-15;1-15-11-14(12-16(2,3)4)10-13-8-6-5-7-9-13;1-3-14-12(13)9-8-11-6-4-10(2)5-7-11;1-6-2-4-7(8)5-3-6;1-3-5(6)7-4-2;;;;;/h2-5,7-10H,11-13H2,1H3,(H,21,22);5-9H,10-12H2,1-4H3;4,6-7H,3H2,1-2H3;2,4-5H,1H3;1H,4H2,2H3;2*1H4;;;/q-1;;2*-1;;;;;;. The molecule has 72 heavy (non-hydrogen) atoms. The zero-order valence-corrected chi connectivity index (χ0v) is 53.8. The van der Waals surface area contributed by atoms with Gasteiger partial charge in [-0.1, -0.05) is 125 Å². The van der Waals surface area contributed by atoms with Crippen LogP contribution in [0.15, 0.2) is 121 Å². The van der Waals surface area contributed by atoms with Crippen LogP contribution in [0.2, 0.25) is 19.6 Å². The number of benzene rings is 5. The number of hydrogen-bond acceptors (Lipinski definition) is 8. The van der Waals surface area contributed by atoms with E-state index < -0.39 is 26.0 Å². The number of esters is 2. The van der Waals surface area contributed by atoms with Gasteiger partial charge in [0.15, 0.2) is 0 Å². The van der Waals surface area contributed by atoms with Crippen molar-refractivity contribution < 1.29 is 132 Å². The van der Waals surface area contributed by atoms with Crippen molar-refractivity contribution in [2.75, 3.05) is 46.3 Å². The summed E-state index contributed by atoms with van der Waals surface area (Å²) in [5, 5.41) is 9.51. The van der Waals surface area contributed by atoms with Gasteiger partial charge in [0.1, 0.15) is 0 Å². The quantitative estimate of drug-likeness (QED) is 0.0249. The second-order valence-corrected chi connectivity index (χ2v) is 23.1. The summed E-state index contributed by atoms with van der Waals surface area (Å²) in [6.07, 6.45) is 5.81. The van der Waals surface area contributed by atoms with Crippen LogP contribution in [0.25, 0.3) is 5.57 Å². The normalized spacial score (nSPS) is 10.8. The Kier molecular flexibility index (Phi) is 46.2. The molecule has 0 spiro atoms. The fourth-order valence-corrected chi connectivity index (χ4v) is 8.13. The molecule has 14 heteroatoms. The van der Waals surface area contributed by atoms with Gasteiger partial charge in [-0.15, -0.1) is 40.5 Å². The summed E-state index contributed by atoms with van der Waals surface area (Å²) < 4.78 is 15.5. The molecule has 1 aliphatic rings. The Labute approximate surface area is 523 Å². The van der Waals surface area contributed by atoms with Gasteiger partial charge in [-0.05, 0) is 36.7 Å². The number of carbonyl (C=O) groups is 3. The summed E-state index contributed by atoms with van der Waals surface area (Å²) >= 11 is 2.27. The third-order valence-corrected chi connectivity index (χ3v) is 11.1. The van der Waals surface area contributed by atoms with Gasteiger partial charge in [-0.25, -0.2) is 14.4 Å². The summed E-state index contributed by atoms with van der Waals surface area (Å²) in [5.41, 5.74) is 9.01. The number of carboxylic acids is 1. The molecule has 0 unspecified atom stereocenters. The van der Waals surface area contributed by atoms with Crippen LogP contribution < -0.4 is 0 Å². The zero-order chi connectivity index (χ0) is 49.6. The van der Waals surface area contributed by atoms with Gasteiger partial charge < -0.3 is 19.3 Å². The molecule has 6 rings (SSSR count). The van der Waals surface area contributed by atoms with Crippen LogP contribution in [0.4, 0.5) is 0 Å². The van der Waals surface area contributed by atoms with Crippen molar-refractivity contribution in [2.45, 2.75) is 82.2 Å². The first kappa shape index (κ1) is 76.0. The second kappa shape index (κ2) is 43.7. The molecule has 9 nitrogen and oxygen atoms in total. The molecule has 0 atom stereocenters. The molecule has 0 fully saturated rings. The van der Waals surface area contributed by atoms with Crippen LogP contribution >= 0.6 is 22.6 Å². The molecule has 3 radical (unpaired) electrons. The summed E-state index contributed by atoms with van der Waals surface area (Å²) in [4.78, 5) is 37.0. The number of aryl methyl sites for hydroxylation is 3. The first-order valence-electron chi connectivity index (χ1n) is 21.9. The van der Waals surface area contributed by atoms with Crippen LogP contribution in [-0.2, 0) is 140 Å². The van der Waals surface area contributed by atoms with E-state index in [2.05, 4.69) is 153 Å². The van der Waals surface area contributed by atoms with Gasteiger partial charge in [0.25, 0.3) is 0 Å². The molecule has 0 saturated heterocycles. The molecule has 1 aliphatic heterocycles. The monoisotopic (exact) mass is 1330 g/mol. The summed E-state index contributed by atoms with van der Waals surface area (Å²) in [5.74, 6) is 4.98. The second-order valence-electron chi connectivity index (χ2n) is 16.4. The van der Waals surface area contributed by atoms with Crippen LogP contribution in [0.3, 0.4) is 0 Å². The summed E-state index contributed by atoms with van der Waals surface area (Å²) in [7, 11) is 0.701. The first-order chi connectivity index (χ1) is 32.0. The summed E-state index contributed by atoms with van der Waals surface area (Å²) in [6, 6.07) is 47.3. The van der Waals surface area contributed by atoms with E-state index in [9.17, 15) is 19.5 Å². The Morgan fingerprint density at radius 1 is 0.764 bits per heavy atom. The first-order valence-corrected chi connectivity index (χ1v) is 26.6. The number of aliphatic carboxylic acids is 1. The molecule has 5 aromatic rings. The van der Waals surface area contributed by atoms with Crippen LogP contribution in [0.1, 0.15) is 67.6 Å². The van der Waals surface area contributed by atoms with Crippen molar-refractivity contribution in [1.29, 1.82) is 0 Å². The number of terminal acetylenes is 1. The van der Waals surface area contributed by atoms with E-state index in [-0.39, 0.29) is 113 Å². The molecule has 1 N–H and O–H groups in total. The number of hydrogen-bond donors (Lipinski definition) is 1. The average Bonchev–Trinajstić information content (AvgIpc) is 3.73. The van der Waals surface area contributed by atoms with E-state index in [1.165, 1.54) is 26.4 Å². The molecule has 0 saturated carbocycles. The molecule has 0 aromatic heterocycles. The smallest absolute Gasteiger partial charge is 0.384 e. The van der Waals surface area contributed by atoms with Crippen molar-refractivity contribution >= 4 is 54.1 Å². The van der Waals surface area contributed by atoms with Crippen molar-refractivity contribution in [2.24, 2.45) is 0 Å². The van der Waals surface area contributed by atoms with Gasteiger partial charge in [0.2, 0.25) is 0 Å². The topological polar surface area (TPSA) is 106 Å². The van der Waals surface area contributed by atoms with Crippen LogP contribution in [-0.4, -0.2) is 87.2 Å². The number of nitrogens with zero attached hydrogens (tertiary/aromatic N) is 2. The molecule has 0 amide bonds. The Hall–Kier alpha value is -2.49. The molecule has 0 bridgehead atoms. The largest absolute Gasteiger partial charge is 0.478 e. The maximum Gasteiger partial charge on any atom is 0.384 e. The van der Waals surface area contributed by atoms with Gasteiger partial charge in [-0.3, -0.25) is 9.80 Å². The van der Waals surface area contributed by atoms with Crippen molar-refractivity contribution in [3.8, 4) is 24.2 Å². The van der Waals surface area contributed by atoms with Gasteiger partial charge in [0.05, 0.1) is 33.6 Å². The van der Waals surface area contributed by atoms with E-state index >= 15 is 0 Å². The number of rotatable bonds is 12. The van der Waals surface area contributed by atoms with E-state index in [0.29, 0.717) is 31.9 Å². The van der Waals surface area contributed by atoms with Crippen molar-refractivity contribution in [3.63, 3.8) is 0 Å². The Balaban J connectivity index is -0.000000416. The maximum atomic E-state index is 11.6. The number of ether oxygens (including phenoxy) is 3. The number of halogens is 1. The average molecular weight is 1330 g/mol. The predicted octanol–water partition coefficient (Wildman–Crippen LogP) is 11.7. The van der Waals surface area contributed by atoms with Crippen LogP contribution in [0.5, 0.6) is 0 Å². The van der Waals surface area contributed by atoms with Crippen molar-refractivity contribution in [1.82, 2.24) is 9.80 Å². The van der Waals surface area contributed by atoms with Gasteiger partial charge in [0, 0.05) is 143 Å².